The lowest BCUT2D eigenvalue weighted by atomic mass is 10.1. The average molecular weight is 365 g/mol. The summed E-state index contributed by atoms with van der Waals surface area (Å²) in [4.78, 5) is 25.2. The van der Waals surface area contributed by atoms with Gasteiger partial charge in [0.25, 0.3) is 8.32 Å². The highest BCUT2D eigenvalue weighted by Crippen LogP contribution is 2.37. The van der Waals surface area contributed by atoms with Gasteiger partial charge in [0.1, 0.15) is 0 Å². The Bertz CT molecular complexity index is 614. The molecule has 0 saturated carbocycles. The van der Waals surface area contributed by atoms with Crippen molar-refractivity contribution in [1.82, 2.24) is 0 Å². The topological polar surface area (TPSA) is 52.6 Å². The molecule has 0 fully saturated rings. The molecule has 0 saturated heterocycles. The summed E-state index contributed by atoms with van der Waals surface area (Å²) in [6, 6.07) is 6.70. The molecule has 0 bridgehead atoms. The van der Waals surface area contributed by atoms with Gasteiger partial charge in [-0.1, -0.05) is 46.8 Å². The van der Waals surface area contributed by atoms with E-state index in [4.69, 9.17) is 9.16 Å². The second kappa shape index (κ2) is 8.17. The number of carbonyl (C=O) groups is 2. The van der Waals surface area contributed by atoms with Gasteiger partial charge in [-0.05, 0) is 49.5 Å². The summed E-state index contributed by atoms with van der Waals surface area (Å²) < 4.78 is 11.3. The molecule has 0 amide bonds. The zero-order valence-corrected chi connectivity index (χ0v) is 17.8. The standard InChI is InChI=1S/C20H32O4Si/c1-14(2)13-15(3)23-18(21)16-11-9-10-12-17(16)19(22)24-25(7,8)20(4,5)6/h9-12,14-15H,13H2,1-8H3. The number of esters is 1. The van der Waals surface area contributed by atoms with E-state index in [1.165, 1.54) is 0 Å². The van der Waals surface area contributed by atoms with Crippen molar-refractivity contribution >= 4 is 20.3 Å². The second-order valence-electron chi connectivity index (χ2n) is 8.54. The lowest BCUT2D eigenvalue weighted by molar-refractivity contribution is 0.0294. The van der Waals surface area contributed by atoms with Gasteiger partial charge in [0.2, 0.25) is 0 Å². The van der Waals surface area contributed by atoms with Crippen LogP contribution in [0.5, 0.6) is 0 Å². The predicted octanol–water partition coefficient (Wildman–Crippen LogP) is 5.44. The van der Waals surface area contributed by atoms with Crippen molar-refractivity contribution < 1.29 is 18.8 Å². The van der Waals surface area contributed by atoms with E-state index < -0.39 is 20.3 Å². The third-order valence-corrected chi connectivity index (χ3v) is 8.94. The summed E-state index contributed by atoms with van der Waals surface area (Å²) in [6.45, 7) is 16.3. The molecule has 0 radical (unpaired) electrons. The summed E-state index contributed by atoms with van der Waals surface area (Å²) in [5, 5.41) is -0.0934. The second-order valence-corrected chi connectivity index (χ2v) is 13.3. The SMILES string of the molecule is CC(C)CC(C)OC(=O)c1ccccc1C(=O)O[Si](C)(C)C(C)(C)C. The number of ether oxygens (including phenoxy) is 1. The van der Waals surface area contributed by atoms with Gasteiger partial charge < -0.3 is 9.16 Å². The highest BCUT2D eigenvalue weighted by molar-refractivity contribution is 6.75. The quantitative estimate of drug-likeness (QED) is 0.498. The first-order chi connectivity index (χ1) is 11.3. The number of carbonyl (C=O) groups excluding carboxylic acids is 2. The van der Waals surface area contributed by atoms with E-state index in [9.17, 15) is 9.59 Å². The Morgan fingerprint density at radius 1 is 1.00 bits per heavy atom. The van der Waals surface area contributed by atoms with E-state index in [1.54, 1.807) is 24.3 Å². The fourth-order valence-electron chi connectivity index (χ4n) is 2.24. The smallest absolute Gasteiger partial charge is 0.339 e. The fraction of sp³-hybridized carbons (Fsp3) is 0.600. The normalized spacial score (nSPS) is 13.5. The molecule has 140 valence electrons. The predicted molar refractivity (Wildman–Crippen MR) is 103 cm³/mol. The van der Waals surface area contributed by atoms with Crippen molar-refractivity contribution in [3.8, 4) is 0 Å². The molecule has 0 aromatic heterocycles. The molecule has 4 nitrogen and oxygen atoms in total. The summed E-state index contributed by atoms with van der Waals surface area (Å²) in [5.41, 5.74) is 0.538. The monoisotopic (exact) mass is 364 g/mol. The molecule has 1 aromatic rings. The molecular weight excluding hydrogens is 332 g/mol. The minimum absolute atomic E-state index is 0.0934. The molecule has 0 aliphatic rings. The van der Waals surface area contributed by atoms with Crippen LogP contribution in [0.15, 0.2) is 24.3 Å². The third kappa shape index (κ3) is 5.99. The molecule has 5 heteroatoms. The van der Waals surface area contributed by atoms with Crippen molar-refractivity contribution in [2.75, 3.05) is 0 Å². The molecule has 1 atom stereocenters. The molecule has 0 aliphatic carbocycles. The van der Waals surface area contributed by atoms with Crippen molar-refractivity contribution in [3.63, 3.8) is 0 Å². The average Bonchev–Trinajstić information content (AvgIpc) is 2.44. The van der Waals surface area contributed by atoms with Crippen LogP contribution in [0.2, 0.25) is 18.1 Å². The Morgan fingerprint density at radius 3 is 1.92 bits per heavy atom. The van der Waals surface area contributed by atoms with Crippen LogP contribution in [0.25, 0.3) is 0 Å². The number of benzene rings is 1. The van der Waals surface area contributed by atoms with Crippen LogP contribution in [0, 0.1) is 5.92 Å². The maximum Gasteiger partial charge on any atom is 0.339 e. The number of rotatable bonds is 6. The fourth-order valence-corrected chi connectivity index (χ4v) is 3.12. The van der Waals surface area contributed by atoms with Gasteiger partial charge in [0, 0.05) is 0 Å². The first-order valence-electron chi connectivity index (χ1n) is 8.88. The zero-order valence-electron chi connectivity index (χ0n) is 16.8. The minimum atomic E-state index is -2.26. The Morgan fingerprint density at radius 2 is 1.48 bits per heavy atom. The van der Waals surface area contributed by atoms with Gasteiger partial charge in [-0.15, -0.1) is 0 Å². The zero-order chi connectivity index (χ0) is 19.4. The molecule has 0 spiro atoms. The highest BCUT2D eigenvalue weighted by atomic mass is 28.4. The molecule has 1 rings (SSSR count). The molecule has 1 aromatic carbocycles. The van der Waals surface area contributed by atoms with Gasteiger partial charge in [0.05, 0.1) is 17.2 Å². The first-order valence-corrected chi connectivity index (χ1v) is 11.8. The number of hydrogen-bond acceptors (Lipinski definition) is 4. The minimum Gasteiger partial charge on any atom is -0.516 e. The van der Waals surface area contributed by atoms with Crippen LogP contribution in [-0.2, 0) is 9.16 Å². The van der Waals surface area contributed by atoms with Crippen molar-refractivity contribution in [2.24, 2.45) is 5.92 Å². The molecule has 0 N–H and O–H groups in total. The van der Waals surface area contributed by atoms with E-state index in [-0.39, 0.29) is 22.3 Å². The van der Waals surface area contributed by atoms with Crippen LogP contribution in [0.1, 0.15) is 68.7 Å². The highest BCUT2D eigenvalue weighted by Gasteiger charge is 2.41. The maximum atomic E-state index is 12.7. The lowest BCUT2D eigenvalue weighted by Crippen LogP contribution is -2.42. The molecule has 25 heavy (non-hydrogen) atoms. The van der Waals surface area contributed by atoms with Crippen LogP contribution in [0.4, 0.5) is 0 Å². The van der Waals surface area contributed by atoms with E-state index in [2.05, 4.69) is 34.6 Å². The van der Waals surface area contributed by atoms with Crippen molar-refractivity contribution in [2.45, 2.75) is 72.2 Å². The Labute approximate surface area is 153 Å². The number of hydrogen-bond donors (Lipinski definition) is 0. The van der Waals surface area contributed by atoms with Crippen molar-refractivity contribution in [1.29, 1.82) is 0 Å². The third-order valence-electron chi connectivity index (χ3n) is 4.63. The Kier molecular flexibility index (Phi) is 7.00. The van der Waals surface area contributed by atoms with Gasteiger partial charge in [-0.2, -0.15) is 0 Å². The van der Waals surface area contributed by atoms with E-state index >= 15 is 0 Å². The van der Waals surface area contributed by atoms with Gasteiger partial charge in [-0.25, -0.2) is 9.59 Å². The van der Waals surface area contributed by atoms with E-state index in [1.807, 2.05) is 20.0 Å². The largest absolute Gasteiger partial charge is 0.516 e. The molecular formula is C20H32O4Si. The summed E-state index contributed by atoms with van der Waals surface area (Å²) in [6.07, 6.45) is 0.583. The van der Waals surface area contributed by atoms with Crippen LogP contribution < -0.4 is 0 Å². The van der Waals surface area contributed by atoms with Crippen molar-refractivity contribution in [3.05, 3.63) is 35.4 Å². The van der Waals surface area contributed by atoms with Gasteiger partial charge in [0.15, 0.2) is 0 Å². The van der Waals surface area contributed by atoms with Crippen LogP contribution in [-0.4, -0.2) is 26.4 Å². The van der Waals surface area contributed by atoms with Gasteiger partial charge >= 0.3 is 11.9 Å². The maximum absolute atomic E-state index is 12.7. The van der Waals surface area contributed by atoms with E-state index in [0.29, 0.717) is 5.92 Å². The lowest BCUT2D eigenvalue weighted by Gasteiger charge is -2.35. The van der Waals surface area contributed by atoms with Crippen LogP contribution in [0.3, 0.4) is 0 Å². The Hall–Kier alpha value is -1.62. The summed E-state index contributed by atoms with van der Waals surface area (Å²) >= 11 is 0. The Balaban J connectivity index is 3.00. The molecule has 0 aliphatic heterocycles. The molecule has 1 unspecified atom stereocenters. The van der Waals surface area contributed by atoms with Gasteiger partial charge in [-0.3, -0.25) is 0 Å². The first kappa shape index (κ1) is 21.4. The molecule has 0 heterocycles. The summed E-state index contributed by atoms with van der Waals surface area (Å²) in [7, 11) is -2.26. The summed E-state index contributed by atoms with van der Waals surface area (Å²) in [5.74, 6) is -0.492. The van der Waals surface area contributed by atoms with E-state index in [0.717, 1.165) is 6.42 Å². The van der Waals surface area contributed by atoms with Crippen LogP contribution >= 0.6 is 0 Å².